The number of imide groups is 1. The molecule has 0 aliphatic carbocycles. The van der Waals surface area contributed by atoms with Crippen LogP contribution in [0.4, 0.5) is 30.4 Å². The summed E-state index contributed by atoms with van der Waals surface area (Å²) in [5.41, 5.74) is 10.2. The molecule has 3 aliphatic heterocycles. The second-order valence-corrected chi connectivity index (χ2v) is 18.7. The molecule has 0 spiro atoms. The molecule has 80 heavy (non-hydrogen) atoms. The fraction of sp³-hybridized carbons (Fsp3) is 0.389. The molecule has 26 heteroatoms. The molecule has 3 aromatic carbocycles. The Balaban J connectivity index is 0.00000924. The monoisotopic (exact) mass is 1120 g/mol. The van der Waals surface area contributed by atoms with E-state index in [1.54, 1.807) is 27.7 Å². The van der Waals surface area contributed by atoms with E-state index in [0.29, 0.717) is 35.2 Å². The number of nitrogens with zero attached hydrogens (tertiary/aromatic N) is 5. The number of rotatable bonds is 24. The van der Waals surface area contributed by atoms with Crippen LogP contribution in [0.3, 0.4) is 0 Å². The topological polar surface area (TPSA) is 308 Å². The van der Waals surface area contributed by atoms with Crippen LogP contribution in [0.2, 0.25) is 0 Å². The maximum atomic E-state index is 13.5. The Morgan fingerprint density at radius 1 is 0.863 bits per heavy atom. The largest absolute Gasteiger partial charge is 0.479 e. The standard InChI is InChI=1S/C53H57F3N8O15.CH3/c1-61-28-35(32-6-7-37-33(26-32)12-15-63(37)43(69)25-30-3-2-4-34(23-30)53(54,55)56)44-49(57)59-29-62(50(44)61)27-31-5-8-38(78-52-47(72)45(70)46(71)48(79-52)51(73)74)36(24-31)60-40(66)11-14-58-39(65)13-17-75-19-21-77-22-20-76-18-16-64-41(67)9-10-42(64)68;/h2-10,23-24,26,28-29,45-48,52,57,70-72H,11-22,25,27H2,1H3,(H3,58,60,65,66,73,74);1H3/q;-1/p+1/t45-,46-,47+,48-,52+;/m0./s1. The number of benzene rings is 3. The van der Waals surface area contributed by atoms with Gasteiger partial charge in [0.25, 0.3) is 11.8 Å². The van der Waals surface area contributed by atoms with Gasteiger partial charge in [0.1, 0.15) is 29.4 Å². The number of nitrogens with two attached hydrogens (primary N) is 1. The summed E-state index contributed by atoms with van der Waals surface area (Å²) in [4.78, 5) is 81.6. The van der Waals surface area contributed by atoms with E-state index in [4.69, 9.17) is 29.4 Å². The number of aliphatic carboxylic acids is 1. The molecule has 0 bridgehead atoms. The van der Waals surface area contributed by atoms with E-state index in [0.717, 1.165) is 33.7 Å². The fourth-order valence-electron chi connectivity index (χ4n) is 9.23. The second kappa shape index (κ2) is 26.4. The zero-order chi connectivity index (χ0) is 56.5. The van der Waals surface area contributed by atoms with Crippen LogP contribution in [0.1, 0.15) is 35.1 Å². The Bertz CT molecular complexity index is 3120. The summed E-state index contributed by atoms with van der Waals surface area (Å²) in [6, 6.07) is 14.9. The van der Waals surface area contributed by atoms with Crippen LogP contribution >= 0.6 is 0 Å². The van der Waals surface area contributed by atoms with Crippen molar-refractivity contribution in [2.75, 3.05) is 75.2 Å². The van der Waals surface area contributed by atoms with Crippen molar-refractivity contribution in [1.82, 2.24) is 19.8 Å². The maximum absolute atomic E-state index is 13.5. The van der Waals surface area contributed by atoms with Crippen molar-refractivity contribution in [3.05, 3.63) is 115 Å². The summed E-state index contributed by atoms with van der Waals surface area (Å²) >= 11 is 0. The lowest BCUT2D eigenvalue weighted by Crippen LogP contribution is -2.61. The molecule has 5 aromatic rings. The quantitative estimate of drug-likeness (QED) is 0.0201. The van der Waals surface area contributed by atoms with Crippen molar-refractivity contribution in [2.45, 2.75) is 69.1 Å². The number of alkyl halides is 3. The number of aliphatic hydroxyl groups is 3. The van der Waals surface area contributed by atoms with Gasteiger partial charge in [-0.2, -0.15) is 13.2 Å². The summed E-state index contributed by atoms with van der Waals surface area (Å²) in [6.45, 7) is 1.62. The lowest BCUT2D eigenvalue weighted by Gasteiger charge is -2.38. The van der Waals surface area contributed by atoms with Crippen LogP contribution < -0.4 is 30.6 Å². The Labute approximate surface area is 456 Å². The third kappa shape index (κ3) is 14.3. The van der Waals surface area contributed by atoms with Crippen molar-refractivity contribution < 1.29 is 90.6 Å². The van der Waals surface area contributed by atoms with Gasteiger partial charge in [0.05, 0.1) is 83.6 Å². The number of nitrogens with one attached hydrogen (secondary N) is 2. The molecular formula is C54H61F3N8O15. The van der Waals surface area contributed by atoms with Crippen molar-refractivity contribution in [3.63, 3.8) is 0 Å². The lowest BCUT2D eigenvalue weighted by molar-refractivity contribution is -0.667. The number of carboxylic acid groups (broad SMARTS) is 1. The number of ether oxygens (including phenoxy) is 5. The number of anilines is 3. The zero-order valence-electron chi connectivity index (χ0n) is 43.6. The van der Waals surface area contributed by atoms with Gasteiger partial charge in [0.15, 0.2) is 6.10 Å². The van der Waals surface area contributed by atoms with Crippen LogP contribution in [0, 0.1) is 7.43 Å². The number of aromatic nitrogens is 3. The highest BCUT2D eigenvalue weighted by Gasteiger charge is 2.48. The molecule has 8 N–H and O–H groups in total. The number of amides is 5. The molecule has 2 aromatic heterocycles. The van der Waals surface area contributed by atoms with Crippen molar-refractivity contribution in [1.29, 1.82) is 0 Å². The Morgan fingerprint density at radius 2 is 1.57 bits per heavy atom. The predicted octanol–water partition coefficient (Wildman–Crippen LogP) is 1.84. The number of carbonyl (C=O) groups is 6. The molecule has 1 fully saturated rings. The normalized spacial score (nSPS) is 18.8. The molecule has 5 amide bonds. The Morgan fingerprint density at radius 3 is 2.29 bits per heavy atom. The van der Waals surface area contributed by atoms with Gasteiger partial charge in [0.2, 0.25) is 41.8 Å². The molecule has 428 valence electrons. The molecule has 0 unspecified atom stereocenters. The number of hydrogen-bond acceptors (Lipinski definition) is 16. The molecule has 5 heterocycles. The average molecular weight is 1120 g/mol. The molecule has 3 aliphatic rings. The van der Waals surface area contributed by atoms with E-state index in [9.17, 15) is 62.4 Å². The van der Waals surface area contributed by atoms with Gasteiger partial charge >= 0.3 is 12.1 Å². The van der Waals surface area contributed by atoms with E-state index in [-0.39, 0.29) is 127 Å². The first kappa shape index (κ1) is 59.8. The van der Waals surface area contributed by atoms with Crippen molar-refractivity contribution >= 4 is 63.7 Å². The zero-order valence-corrected chi connectivity index (χ0v) is 43.6. The molecule has 23 nitrogen and oxygen atoms in total. The first-order valence-electron chi connectivity index (χ1n) is 25.1. The van der Waals surface area contributed by atoms with Crippen LogP contribution in [0.15, 0.2) is 85.3 Å². The molecule has 0 radical (unpaired) electrons. The minimum Gasteiger partial charge on any atom is -0.479 e. The minimum absolute atomic E-state index is 0. The number of nitrogen functional groups attached to an aromatic ring is 1. The Hall–Kier alpha value is -7.85. The van der Waals surface area contributed by atoms with Crippen LogP contribution in [-0.2, 0) is 80.3 Å². The van der Waals surface area contributed by atoms with Gasteiger partial charge in [-0.05, 0) is 59.0 Å². The summed E-state index contributed by atoms with van der Waals surface area (Å²) < 4.78 is 71.3. The number of carboxylic acids is 1. The maximum Gasteiger partial charge on any atom is 0.416 e. The van der Waals surface area contributed by atoms with E-state index in [2.05, 4.69) is 15.6 Å². The summed E-state index contributed by atoms with van der Waals surface area (Å²) in [6.07, 6.45) is -8.37. The molecule has 0 saturated carbocycles. The predicted molar refractivity (Wildman–Crippen MR) is 278 cm³/mol. The summed E-state index contributed by atoms with van der Waals surface area (Å²) in [5, 5.41) is 47.1. The third-order valence-electron chi connectivity index (χ3n) is 13.2. The van der Waals surface area contributed by atoms with E-state index >= 15 is 0 Å². The third-order valence-corrected chi connectivity index (χ3v) is 13.2. The van der Waals surface area contributed by atoms with Gasteiger partial charge in [-0.3, -0.25) is 33.4 Å². The summed E-state index contributed by atoms with van der Waals surface area (Å²) in [5.74, 6) is -3.64. The highest BCUT2D eigenvalue weighted by molar-refractivity contribution is 6.12. The number of aryl methyl sites for hydroxylation is 1. The number of aliphatic hydroxyl groups excluding tert-OH is 3. The highest BCUT2D eigenvalue weighted by atomic mass is 19.4. The number of halogens is 3. The number of hydrogen-bond donors (Lipinski definition) is 7. The van der Waals surface area contributed by atoms with Crippen molar-refractivity contribution in [3.8, 4) is 16.9 Å². The van der Waals surface area contributed by atoms with Gasteiger partial charge in [-0.1, -0.05) is 35.3 Å². The first-order chi connectivity index (χ1) is 37.8. The van der Waals surface area contributed by atoms with Gasteiger partial charge < -0.3 is 72.8 Å². The number of fused-ring (bicyclic) bond motifs is 2. The lowest BCUT2D eigenvalue weighted by atomic mass is 9.99. The van der Waals surface area contributed by atoms with Crippen LogP contribution in [-0.4, -0.2) is 160 Å². The average Bonchev–Trinajstić information content (AvgIpc) is 4.14. The van der Waals surface area contributed by atoms with E-state index in [1.807, 2.05) is 29.9 Å². The van der Waals surface area contributed by atoms with E-state index in [1.165, 1.54) is 36.7 Å². The van der Waals surface area contributed by atoms with Gasteiger partial charge in [0, 0.05) is 49.3 Å². The molecular weight excluding hydrogens is 1060 g/mol. The minimum atomic E-state index is -4.54. The Kier molecular flexibility index (Phi) is 19.7. The fourth-order valence-corrected chi connectivity index (χ4v) is 9.23. The SMILES string of the molecule is Cn1cc(-c2ccc3c(c2)CCN3C(=O)Cc2cccc(C(F)(F)F)c2)c2c(N)nc[n+](Cc3ccc(O[C@@H]4O[C@H](C(=O)O)[C@@H](O)[C@H](O)[C@H]4O)c(NC(=O)CCNC(=O)CCOCCOCCOCCN4C(=O)C=CC4=O)c3)c21.[CH3-]. The van der Waals surface area contributed by atoms with Crippen LogP contribution in [0.25, 0.3) is 22.2 Å². The van der Waals surface area contributed by atoms with Gasteiger partial charge in [-0.25, -0.2) is 9.36 Å². The number of carbonyl (C=O) groups excluding carboxylic acids is 5. The van der Waals surface area contributed by atoms with E-state index < -0.39 is 60.2 Å². The molecule has 1 saturated heterocycles. The van der Waals surface area contributed by atoms with Crippen LogP contribution in [0.5, 0.6) is 5.75 Å². The first-order valence-corrected chi connectivity index (χ1v) is 25.1. The molecule has 8 rings (SSSR count). The van der Waals surface area contributed by atoms with Crippen molar-refractivity contribution in [2.24, 2.45) is 7.05 Å². The van der Waals surface area contributed by atoms with Gasteiger partial charge in [-0.15, -0.1) is 0 Å². The summed E-state index contributed by atoms with van der Waals surface area (Å²) in [7, 11) is 1.81. The highest BCUT2D eigenvalue weighted by Crippen LogP contribution is 2.38. The smallest absolute Gasteiger partial charge is 0.416 e. The second-order valence-electron chi connectivity index (χ2n) is 18.7. The molecule has 5 atom stereocenters.